The van der Waals surface area contributed by atoms with Crippen LogP contribution in [0, 0.1) is 5.92 Å². The minimum Gasteiger partial charge on any atom is -0.380 e. The van der Waals surface area contributed by atoms with E-state index in [0.717, 1.165) is 30.5 Å². The highest BCUT2D eigenvalue weighted by Crippen LogP contribution is 2.33. The number of β-amino-alcohol motifs (C(OH)–C–C–N with tert-alkyl or cyclic N) is 1. The number of hydrogen-bond acceptors (Lipinski definition) is 4. The summed E-state index contributed by atoms with van der Waals surface area (Å²) in [6.07, 6.45) is 4.58. The average Bonchev–Trinajstić information content (AvgIpc) is 3.12. The van der Waals surface area contributed by atoms with Gasteiger partial charge in [0, 0.05) is 17.5 Å². The lowest BCUT2D eigenvalue weighted by Gasteiger charge is -2.45. The topological polar surface area (TPSA) is 97.9 Å². The van der Waals surface area contributed by atoms with Gasteiger partial charge < -0.3 is 10.0 Å². The highest BCUT2D eigenvalue weighted by atomic mass is 16.3. The fourth-order valence-corrected chi connectivity index (χ4v) is 3.41. The van der Waals surface area contributed by atoms with E-state index in [1.165, 1.54) is 0 Å². The number of hydrogen-bond donors (Lipinski definition) is 3. The van der Waals surface area contributed by atoms with Crippen LogP contribution in [0.3, 0.4) is 0 Å². The third kappa shape index (κ3) is 1.96. The second-order valence-electron chi connectivity index (χ2n) is 6.54. The van der Waals surface area contributed by atoms with Gasteiger partial charge in [0.1, 0.15) is 5.60 Å². The second kappa shape index (κ2) is 4.67. The van der Waals surface area contributed by atoms with Crippen molar-refractivity contribution in [3.63, 3.8) is 0 Å². The molecule has 1 atom stereocenters. The number of aromatic nitrogens is 4. The number of fused-ring (bicyclic) bond motifs is 1. The van der Waals surface area contributed by atoms with Crippen LogP contribution in [0.1, 0.15) is 40.8 Å². The van der Waals surface area contributed by atoms with Gasteiger partial charge in [-0.3, -0.25) is 15.0 Å². The summed E-state index contributed by atoms with van der Waals surface area (Å²) >= 11 is 0. The van der Waals surface area contributed by atoms with Crippen LogP contribution < -0.4 is 0 Å². The predicted molar refractivity (Wildman–Crippen MR) is 78.2 cm³/mol. The molecule has 0 aromatic carbocycles. The Balaban J connectivity index is 1.52. The van der Waals surface area contributed by atoms with Crippen LogP contribution in [0.15, 0.2) is 12.3 Å². The molecule has 4 rings (SSSR count). The Bertz CT molecular complexity index is 700. The van der Waals surface area contributed by atoms with E-state index < -0.39 is 5.60 Å². The van der Waals surface area contributed by atoms with Crippen molar-refractivity contribution in [1.82, 2.24) is 25.3 Å². The quantitative estimate of drug-likeness (QED) is 0.756. The molecular weight excluding hydrogens is 282 g/mol. The molecule has 0 saturated carbocycles. The van der Waals surface area contributed by atoms with Gasteiger partial charge in [-0.1, -0.05) is 6.92 Å². The SMILES string of the molecule is CC1CCc2[nH]nc(C(=O)N3CC(O)(c4ccn[nH]4)C3)c2C1. The van der Waals surface area contributed by atoms with Crippen LogP contribution in [0.2, 0.25) is 0 Å². The molecule has 0 bridgehead atoms. The molecule has 1 aliphatic heterocycles. The number of carbonyl (C=O) groups excluding carboxylic acids is 1. The first kappa shape index (κ1) is 13.5. The minimum absolute atomic E-state index is 0.101. The standard InChI is InChI=1S/C15H19N5O2/c1-9-2-3-11-10(6-9)13(19-17-11)14(21)20-7-15(22,8-20)12-4-5-16-18-12/h4-5,9,22H,2-3,6-8H2,1H3,(H,16,18)(H,17,19). The summed E-state index contributed by atoms with van der Waals surface area (Å²) in [4.78, 5) is 14.3. The van der Waals surface area contributed by atoms with Crippen molar-refractivity contribution in [2.24, 2.45) is 5.92 Å². The van der Waals surface area contributed by atoms with Crippen LogP contribution >= 0.6 is 0 Å². The number of rotatable bonds is 2. The zero-order valence-electron chi connectivity index (χ0n) is 12.5. The Kier molecular flexibility index (Phi) is 2.87. The van der Waals surface area contributed by atoms with E-state index in [2.05, 4.69) is 27.3 Å². The van der Waals surface area contributed by atoms with Crippen LogP contribution in [0.25, 0.3) is 0 Å². The number of likely N-dealkylation sites (tertiary alicyclic amines) is 1. The monoisotopic (exact) mass is 301 g/mol. The summed E-state index contributed by atoms with van der Waals surface area (Å²) < 4.78 is 0. The van der Waals surface area contributed by atoms with Crippen LogP contribution in [0.5, 0.6) is 0 Å². The van der Waals surface area contributed by atoms with Gasteiger partial charge in [-0.2, -0.15) is 10.2 Å². The van der Waals surface area contributed by atoms with Crippen LogP contribution in [0.4, 0.5) is 0 Å². The Morgan fingerprint density at radius 2 is 2.27 bits per heavy atom. The number of nitrogens with zero attached hydrogens (tertiary/aromatic N) is 3. The number of amides is 1. The van der Waals surface area contributed by atoms with Gasteiger partial charge in [-0.05, 0) is 31.2 Å². The van der Waals surface area contributed by atoms with E-state index in [1.54, 1.807) is 17.2 Å². The van der Waals surface area contributed by atoms with Crippen molar-refractivity contribution in [1.29, 1.82) is 0 Å². The summed E-state index contributed by atoms with van der Waals surface area (Å²) in [5, 5.41) is 24.3. The molecule has 1 saturated heterocycles. The third-order valence-corrected chi connectivity index (χ3v) is 4.79. The molecule has 116 valence electrons. The zero-order chi connectivity index (χ0) is 15.3. The fourth-order valence-electron chi connectivity index (χ4n) is 3.41. The van der Waals surface area contributed by atoms with E-state index in [-0.39, 0.29) is 19.0 Å². The van der Waals surface area contributed by atoms with E-state index in [4.69, 9.17) is 0 Å². The van der Waals surface area contributed by atoms with Gasteiger partial charge in [0.15, 0.2) is 5.69 Å². The molecule has 3 heterocycles. The molecule has 2 aromatic rings. The van der Waals surface area contributed by atoms with Gasteiger partial charge in [0.25, 0.3) is 5.91 Å². The minimum atomic E-state index is -1.02. The normalized spacial score (nSPS) is 23.0. The van der Waals surface area contributed by atoms with Crippen molar-refractivity contribution >= 4 is 5.91 Å². The Morgan fingerprint density at radius 1 is 1.45 bits per heavy atom. The van der Waals surface area contributed by atoms with E-state index in [0.29, 0.717) is 17.3 Å². The largest absolute Gasteiger partial charge is 0.380 e. The van der Waals surface area contributed by atoms with Gasteiger partial charge in [0.05, 0.1) is 18.8 Å². The zero-order valence-corrected chi connectivity index (χ0v) is 12.5. The fraction of sp³-hybridized carbons (Fsp3) is 0.533. The molecule has 2 aliphatic rings. The number of carbonyl (C=O) groups is 1. The van der Waals surface area contributed by atoms with Crippen LogP contribution in [-0.2, 0) is 18.4 Å². The lowest BCUT2D eigenvalue weighted by Crippen LogP contribution is -2.61. The van der Waals surface area contributed by atoms with Gasteiger partial charge in [0.2, 0.25) is 0 Å². The van der Waals surface area contributed by atoms with Crippen molar-refractivity contribution < 1.29 is 9.90 Å². The summed E-state index contributed by atoms with van der Waals surface area (Å²) in [7, 11) is 0. The van der Waals surface area contributed by atoms with Crippen molar-refractivity contribution in [2.75, 3.05) is 13.1 Å². The first-order valence-corrected chi connectivity index (χ1v) is 7.64. The first-order chi connectivity index (χ1) is 10.6. The molecule has 3 N–H and O–H groups in total. The number of aryl methyl sites for hydroxylation is 1. The molecule has 1 unspecified atom stereocenters. The second-order valence-corrected chi connectivity index (χ2v) is 6.54. The molecular formula is C15H19N5O2. The molecule has 2 aromatic heterocycles. The highest BCUT2D eigenvalue weighted by molar-refractivity contribution is 5.94. The molecule has 0 spiro atoms. The molecule has 0 radical (unpaired) electrons. The number of H-pyrrole nitrogens is 2. The number of aliphatic hydroxyl groups is 1. The van der Waals surface area contributed by atoms with Gasteiger partial charge in [-0.25, -0.2) is 0 Å². The van der Waals surface area contributed by atoms with E-state index in [9.17, 15) is 9.90 Å². The Labute approximate surface area is 127 Å². The lowest BCUT2D eigenvalue weighted by atomic mass is 9.86. The molecule has 1 amide bonds. The molecule has 7 nitrogen and oxygen atoms in total. The summed E-state index contributed by atoms with van der Waals surface area (Å²) in [6.45, 7) is 2.74. The highest BCUT2D eigenvalue weighted by Gasteiger charge is 2.47. The Hall–Kier alpha value is -2.15. The van der Waals surface area contributed by atoms with Crippen LogP contribution in [-0.4, -0.2) is 49.4 Å². The number of aromatic amines is 2. The molecule has 1 aliphatic carbocycles. The predicted octanol–water partition coefficient (Wildman–Crippen LogP) is 0.601. The summed E-state index contributed by atoms with van der Waals surface area (Å²) in [6, 6.07) is 1.74. The maximum Gasteiger partial charge on any atom is 0.274 e. The molecule has 22 heavy (non-hydrogen) atoms. The average molecular weight is 301 g/mol. The summed E-state index contributed by atoms with van der Waals surface area (Å²) in [5.41, 5.74) is 2.30. The number of nitrogens with one attached hydrogen (secondary N) is 2. The lowest BCUT2D eigenvalue weighted by molar-refractivity contribution is -0.0894. The van der Waals surface area contributed by atoms with E-state index >= 15 is 0 Å². The van der Waals surface area contributed by atoms with Crippen molar-refractivity contribution in [3.05, 3.63) is 34.9 Å². The smallest absolute Gasteiger partial charge is 0.274 e. The van der Waals surface area contributed by atoms with Gasteiger partial charge >= 0.3 is 0 Å². The third-order valence-electron chi connectivity index (χ3n) is 4.79. The van der Waals surface area contributed by atoms with Crippen molar-refractivity contribution in [3.8, 4) is 0 Å². The molecule has 7 heteroatoms. The van der Waals surface area contributed by atoms with Crippen molar-refractivity contribution in [2.45, 2.75) is 31.8 Å². The molecule has 1 fully saturated rings. The summed E-state index contributed by atoms with van der Waals surface area (Å²) in [5.74, 6) is 0.478. The Morgan fingerprint density at radius 3 is 3.00 bits per heavy atom. The maximum atomic E-state index is 12.6. The first-order valence-electron chi connectivity index (χ1n) is 7.64. The van der Waals surface area contributed by atoms with Gasteiger partial charge in [-0.15, -0.1) is 0 Å². The maximum absolute atomic E-state index is 12.6. The van der Waals surface area contributed by atoms with E-state index in [1.807, 2.05) is 0 Å².